The number of nitrogens with zero attached hydrogens (tertiary/aromatic N) is 3. The maximum Gasteiger partial charge on any atom is 0.319 e. The van der Waals surface area contributed by atoms with Gasteiger partial charge in [-0.25, -0.2) is 23.2 Å². The molecular weight excluding hydrogens is 494 g/mol. The molecule has 1 saturated heterocycles. The average Bonchev–Trinajstić information content (AvgIpc) is 2.89. The number of carbonyl (C=O) groups is 1. The van der Waals surface area contributed by atoms with Gasteiger partial charge in [0.1, 0.15) is 5.82 Å². The SMILES string of the molecule is COCCNC(=O)Nc1ccc(-c2nc(CS(=O)(=O)c3ccccc3)cc(N3CCOC[C@@H]3C)n2)cc1. The van der Waals surface area contributed by atoms with Crippen LogP contribution in [0.15, 0.2) is 65.6 Å². The molecule has 1 aromatic heterocycles. The summed E-state index contributed by atoms with van der Waals surface area (Å²) >= 11 is 0. The molecule has 0 radical (unpaired) electrons. The standard InChI is InChI=1S/C26H31N5O5S/c1-19-17-36-15-13-31(19)24-16-22(18-37(33,34)23-6-4-3-5-7-23)28-25(30-24)20-8-10-21(11-9-20)29-26(32)27-12-14-35-2/h3-11,16,19H,12-15,17-18H2,1-2H3,(H2,27,29,32)/t19-/m0/s1. The van der Waals surface area contributed by atoms with Crippen molar-refractivity contribution in [2.45, 2.75) is 23.6 Å². The molecule has 0 unspecified atom stereocenters. The van der Waals surface area contributed by atoms with Crippen molar-refractivity contribution in [2.75, 3.05) is 50.2 Å². The number of sulfone groups is 1. The second-order valence-corrected chi connectivity index (χ2v) is 10.7. The van der Waals surface area contributed by atoms with Crippen LogP contribution in [0.4, 0.5) is 16.3 Å². The van der Waals surface area contributed by atoms with Crippen LogP contribution in [0, 0.1) is 0 Å². The highest BCUT2D eigenvalue weighted by Crippen LogP contribution is 2.26. The summed E-state index contributed by atoms with van der Waals surface area (Å²) in [5.74, 6) is 0.809. The van der Waals surface area contributed by atoms with E-state index in [1.807, 2.05) is 6.92 Å². The number of hydrogen-bond acceptors (Lipinski definition) is 8. The van der Waals surface area contributed by atoms with Crippen LogP contribution in [-0.2, 0) is 25.1 Å². The molecule has 37 heavy (non-hydrogen) atoms. The smallest absolute Gasteiger partial charge is 0.319 e. The molecule has 2 amide bonds. The van der Waals surface area contributed by atoms with Crippen LogP contribution in [0.5, 0.6) is 0 Å². The Labute approximate surface area is 217 Å². The summed E-state index contributed by atoms with van der Waals surface area (Å²) in [6.07, 6.45) is 0. The first-order valence-electron chi connectivity index (χ1n) is 12.0. The molecule has 1 aliphatic heterocycles. The minimum Gasteiger partial charge on any atom is -0.383 e. The van der Waals surface area contributed by atoms with E-state index >= 15 is 0 Å². The average molecular weight is 526 g/mol. The summed E-state index contributed by atoms with van der Waals surface area (Å²) in [7, 11) is -2.03. The molecule has 1 aliphatic rings. The third kappa shape index (κ3) is 7.03. The molecule has 11 heteroatoms. The van der Waals surface area contributed by atoms with E-state index in [-0.39, 0.29) is 22.7 Å². The number of benzene rings is 2. The predicted octanol–water partition coefficient (Wildman–Crippen LogP) is 3.11. The zero-order valence-electron chi connectivity index (χ0n) is 20.9. The van der Waals surface area contributed by atoms with E-state index in [1.54, 1.807) is 67.8 Å². The molecule has 196 valence electrons. The maximum absolute atomic E-state index is 13.1. The van der Waals surface area contributed by atoms with Gasteiger partial charge in [0.05, 0.1) is 42.2 Å². The van der Waals surface area contributed by atoms with Gasteiger partial charge in [0, 0.05) is 37.5 Å². The number of morpholine rings is 1. The number of nitrogens with one attached hydrogen (secondary N) is 2. The van der Waals surface area contributed by atoms with Gasteiger partial charge in [-0.15, -0.1) is 0 Å². The molecule has 10 nitrogen and oxygen atoms in total. The minimum absolute atomic E-state index is 0.0817. The monoisotopic (exact) mass is 525 g/mol. The number of anilines is 2. The topological polar surface area (TPSA) is 123 Å². The van der Waals surface area contributed by atoms with Crippen LogP contribution in [0.25, 0.3) is 11.4 Å². The maximum atomic E-state index is 13.1. The molecule has 0 bridgehead atoms. The Balaban J connectivity index is 1.62. The van der Waals surface area contributed by atoms with E-state index in [0.29, 0.717) is 61.5 Å². The Bertz CT molecular complexity index is 1300. The van der Waals surface area contributed by atoms with Crippen molar-refractivity contribution in [2.24, 2.45) is 0 Å². The lowest BCUT2D eigenvalue weighted by Gasteiger charge is -2.34. The van der Waals surface area contributed by atoms with Crippen molar-refractivity contribution in [3.05, 3.63) is 66.4 Å². The predicted molar refractivity (Wildman–Crippen MR) is 141 cm³/mol. The number of urea groups is 1. The second kappa shape index (κ2) is 12.1. The number of rotatable bonds is 9. The molecule has 2 aromatic carbocycles. The van der Waals surface area contributed by atoms with Crippen molar-refractivity contribution in [3.63, 3.8) is 0 Å². The van der Waals surface area contributed by atoms with E-state index in [1.165, 1.54) is 0 Å². The van der Waals surface area contributed by atoms with Gasteiger partial charge in [0.15, 0.2) is 15.7 Å². The van der Waals surface area contributed by atoms with E-state index in [0.717, 1.165) is 0 Å². The number of hydrogen-bond donors (Lipinski definition) is 2. The van der Waals surface area contributed by atoms with Gasteiger partial charge in [0.2, 0.25) is 0 Å². The van der Waals surface area contributed by atoms with Gasteiger partial charge >= 0.3 is 6.03 Å². The van der Waals surface area contributed by atoms with E-state index in [9.17, 15) is 13.2 Å². The molecule has 2 heterocycles. The van der Waals surface area contributed by atoms with Crippen molar-refractivity contribution >= 4 is 27.4 Å². The van der Waals surface area contributed by atoms with E-state index in [2.05, 4.69) is 20.5 Å². The third-order valence-corrected chi connectivity index (χ3v) is 7.53. The first-order chi connectivity index (χ1) is 17.9. The fourth-order valence-electron chi connectivity index (χ4n) is 3.95. The Morgan fingerprint density at radius 1 is 1.14 bits per heavy atom. The summed E-state index contributed by atoms with van der Waals surface area (Å²) < 4.78 is 36.7. The van der Waals surface area contributed by atoms with Crippen molar-refractivity contribution in [3.8, 4) is 11.4 Å². The summed E-state index contributed by atoms with van der Waals surface area (Å²) in [5, 5.41) is 5.46. The lowest BCUT2D eigenvalue weighted by atomic mass is 10.2. The molecular formula is C26H31N5O5S. The van der Waals surface area contributed by atoms with Gasteiger partial charge in [-0.3, -0.25) is 0 Å². The van der Waals surface area contributed by atoms with Gasteiger partial charge in [0.25, 0.3) is 0 Å². The minimum atomic E-state index is -3.60. The van der Waals surface area contributed by atoms with Crippen molar-refractivity contribution < 1.29 is 22.7 Å². The van der Waals surface area contributed by atoms with Crippen molar-refractivity contribution in [1.82, 2.24) is 15.3 Å². The molecule has 3 aromatic rings. The summed E-state index contributed by atoms with van der Waals surface area (Å²) in [6, 6.07) is 16.9. The molecule has 0 saturated carbocycles. The molecule has 0 spiro atoms. The van der Waals surface area contributed by atoms with Crippen LogP contribution in [0.3, 0.4) is 0 Å². The first kappa shape index (κ1) is 26.5. The highest BCUT2D eigenvalue weighted by Gasteiger charge is 2.24. The molecule has 4 rings (SSSR count). The Morgan fingerprint density at radius 3 is 2.59 bits per heavy atom. The van der Waals surface area contributed by atoms with Gasteiger partial charge in [-0.1, -0.05) is 18.2 Å². The number of carbonyl (C=O) groups excluding carboxylic acids is 1. The summed E-state index contributed by atoms with van der Waals surface area (Å²) in [6.45, 7) is 4.63. The van der Waals surface area contributed by atoms with Gasteiger partial charge < -0.3 is 25.0 Å². The van der Waals surface area contributed by atoms with Gasteiger partial charge in [-0.2, -0.15) is 0 Å². The molecule has 0 aliphatic carbocycles. The number of ether oxygens (including phenoxy) is 2. The third-order valence-electron chi connectivity index (χ3n) is 5.86. The van der Waals surface area contributed by atoms with Gasteiger partial charge in [-0.05, 0) is 43.3 Å². The fraction of sp³-hybridized carbons (Fsp3) is 0.346. The van der Waals surface area contributed by atoms with Crippen LogP contribution in [0.1, 0.15) is 12.6 Å². The van der Waals surface area contributed by atoms with Crippen molar-refractivity contribution in [1.29, 1.82) is 0 Å². The highest BCUT2D eigenvalue weighted by atomic mass is 32.2. The Morgan fingerprint density at radius 2 is 1.89 bits per heavy atom. The lowest BCUT2D eigenvalue weighted by molar-refractivity contribution is 0.0985. The van der Waals surface area contributed by atoms with Crippen LogP contribution in [-0.4, -0.2) is 70.5 Å². The number of amides is 2. The zero-order valence-corrected chi connectivity index (χ0v) is 21.7. The Hall–Kier alpha value is -3.54. The Kier molecular flexibility index (Phi) is 8.70. The zero-order chi connectivity index (χ0) is 26.3. The van der Waals surface area contributed by atoms with E-state index in [4.69, 9.17) is 14.5 Å². The molecule has 2 N–H and O–H groups in total. The lowest BCUT2D eigenvalue weighted by Crippen LogP contribution is -2.44. The number of methoxy groups -OCH3 is 1. The summed E-state index contributed by atoms with van der Waals surface area (Å²) in [5.41, 5.74) is 1.71. The highest BCUT2D eigenvalue weighted by molar-refractivity contribution is 7.90. The van der Waals surface area contributed by atoms with Crippen LogP contribution < -0.4 is 15.5 Å². The van der Waals surface area contributed by atoms with Crippen LogP contribution in [0.2, 0.25) is 0 Å². The normalized spacial score (nSPS) is 15.8. The number of aromatic nitrogens is 2. The second-order valence-electron chi connectivity index (χ2n) is 8.68. The largest absolute Gasteiger partial charge is 0.383 e. The quantitative estimate of drug-likeness (QED) is 0.409. The van der Waals surface area contributed by atoms with E-state index < -0.39 is 9.84 Å². The van der Waals surface area contributed by atoms with Crippen LogP contribution >= 0.6 is 0 Å². The molecule has 1 atom stereocenters. The molecule has 1 fully saturated rings. The fourth-order valence-corrected chi connectivity index (χ4v) is 5.23. The first-order valence-corrected chi connectivity index (χ1v) is 13.7. The summed E-state index contributed by atoms with van der Waals surface area (Å²) in [4.78, 5) is 23.7.